The highest BCUT2D eigenvalue weighted by atomic mass is 35.5. The van der Waals surface area contributed by atoms with Crippen LogP contribution in [0.1, 0.15) is 64.7 Å². The lowest BCUT2D eigenvalue weighted by Gasteiger charge is -2.56. The Labute approximate surface area is 150 Å². The summed E-state index contributed by atoms with van der Waals surface area (Å²) >= 11 is 5.71. The van der Waals surface area contributed by atoms with E-state index in [1.165, 1.54) is 18.4 Å². The molecule has 0 aromatic rings. The van der Waals surface area contributed by atoms with Gasteiger partial charge in [0.2, 0.25) is 0 Å². The Hall–Kier alpha value is -0.490. The fourth-order valence-electron chi connectivity index (χ4n) is 7.14. The van der Waals surface area contributed by atoms with Gasteiger partial charge in [-0.1, -0.05) is 24.5 Å². The van der Waals surface area contributed by atoms with Gasteiger partial charge < -0.3 is 10.2 Å². The monoisotopic (exact) mass is 348 g/mol. The maximum absolute atomic E-state index is 11.3. The Morgan fingerprint density at radius 3 is 2.75 bits per heavy atom. The largest absolute Gasteiger partial charge is 0.389 e. The summed E-state index contributed by atoms with van der Waals surface area (Å²) in [5.74, 6) is 5.71. The molecule has 0 heterocycles. The van der Waals surface area contributed by atoms with E-state index >= 15 is 0 Å². The molecular formula is C21H29ClO2. The van der Waals surface area contributed by atoms with Crippen LogP contribution in [0.3, 0.4) is 0 Å². The van der Waals surface area contributed by atoms with E-state index in [1.54, 1.807) is 0 Å². The highest BCUT2D eigenvalue weighted by molar-refractivity contribution is 6.30. The van der Waals surface area contributed by atoms with Gasteiger partial charge in [-0.15, -0.1) is 0 Å². The van der Waals surface area contributed by atoms with E-state index < -0.39 is 5.60 Å². The molecule has 0 spiro atoms. The number of aliphatic hydroxyl groups is 2. The van der Waals surface area contributed by atoms with Crippen LogP contribution in [-0.2, 0) is 0 Å². The van der Waals surface area contributed by atoms with Crippen LogP contribution < -0.4 is 0 Å². The summed E-state index contributed by atoms with van der Waals surface area (Å²) in [6, 6.07) is 0. The van der Waals surface area contributed by atoms with Crippen LogP contribution in [0.4, 0.5) is 0 Å². The first-order valence-electron chi connectivity index (χ1n) is 9.78. The van der Waals surface area contributed by atoms with Crippen LogP contribution in [-0.4, -0.2) is 21.9 Å². The number of hydrogen-bond acceptors (Lipinski definition) is 2. The molecule has 1 unspecified atom stereocenters. The van der Waals surface area contributed by atoms with E-state index in [0.717, 1.165) is 50.9 Å². The van der Waals surface area contributed by atoms with Crippen LogP contribution in [0, 0.1) is 40.4 Å². The number of allylic oxidation sites excluding steroid dienone is 1. The molecule has 3 saturated carbocycles. The molecule has 2 nitrogen and oxygen atoms in total. The molecule has 2 N–H and O–H groups in total. The molecule has 0 amide bonds. The van der Waals surface area contributed by atoms with Gasteiger partial charge in [-0.2, -0.15) is 0 Å². The van der Waals surface area contributed by atoms with Crippen LogP contribution in [0.2, 0.25) is 0 Å². The van der Waals surface area contributed by atoms with Gasteiger partial charge in [0.05, 0.1) is 6.10 Å². The lowest BCUT2D eigenvalue weighted by atomic mass is 9.49. The zero-order chi connectivity index (χ0) is 16.9. The summed E-state index contributed by atoms with van der Waals surface area (Å²) in [7, 11) is 0. The lowest BCUT2D eigenvalue weighted by Crippen LogP contribution is -2.53. The molecule has 0 aromatic carbocycles. The highest BCUT2D eigenvalue weighted by Crippen LogP contribution is 2.66. The second-order valence-corrected chi connectivity index (χ2v) is 8.82. The van der Waals surface area contributed by atoms with Crippen LogP contribution in [0.15, 0.2) is 11.6 Å². The minimum Gasteiger partial charge on any atom is -0.389 e. The predicted octanol–water partition coefficient (Wildman–Crippen LogP) is 4.24. The van der Waals surface area contributed by atoms with Gasteiger partial charge in [-0.05, 0) is 93.1 Å². The third-order valence-corrected chi connectivity index (χ3v) is 8.26. The standard InChI is InChI=1S/C21H29ClO2/c1-2-20-9-7-17-16-6-4-15(23)13-14(16)3-5-18(17)19(20)8-10-21(20,24)11-12-22/h13,15-19,23-24H,2-10H2,1H3/t15?,16-,17+,18+,19-,20-,21+/m0/s1. The number of rotatable bonds is 1. The number of aliphatic hydroxyl groups excluding tert-OH is 1. The first-order chi connectivity index (χ1) is 11.5. The van der Waals surface area contributed by atoms with Crippen molar-refractivity contribution in [2.75, 3.05) is 0 Å². The van der Waals surface area contributed by atoms with Crippen molar-refractivity contribution in [1.29, 1.82) is 0 Å². The van der Waals surface area contributed by atoms with Gasteiger partial charge >= 0.3 is 0 Å². The fourth-order valence-corrected chi connectivity index (χ4v) is 7.30. The Kier molecular flexibility index (Phi) is 4.27. The maximum Gasteiger partial charge on any atom is 0.132 e. The SMILES string of the molecule is CC[C@]12CC[C@H]3[C@@H](CCC4=CC(O)CC[C@@H]43)[C@@H]1CC[C@@]2(O)C#CCl. The molecule has 24 heavy (non-hydrogen) atoms. The van der Waals surface area contributed by atoms with Crippen molar-refractivity contribution in [2.24, 2.45) is 29.1 Å². The quantitative estimate of drug-likeness (QED) is 0.549. The van der Waals surface area contributed by atoms with Gasteiger partial charge in [0.15, 0.2) is 0 Å². The van der Waals surface area contributed by atoms with E-state index in [1.807, 2.05) is 0 Å². The highest BCUT2D eigenvalue weighted by Gasteiger charge is 2.63. The van der Waals surface area contributed by atoms with Gasteiger partial charge in [-0.25, -0.2) is 0 Å². The molecule has 3 fully saturated rings. The van der Waals surface area contributed by atoms with Crippen molar-refractivity contribution < 1.29 is 10.2 Å². The molecule has 0 saturated heterocycles. The van der Waals surface area contributed by atoms with E-state index in [9.17, 15) is 10.2 Å². The Morgan fingerprint density at radius 1 is 1.17 bits per heavy atom. The lowest BCUT2D eigenvalue weighted by molar-refractivity contribution is -0.100. The van der Waals surface area contributed by atoms with Crippen molar-refractivity contribution in [3.05, 3.63) is 11.6 Å². The molecule has 132 valence electrons. The summed E-state index contributed by atoms with van der Waals surface area (Å²) in [5, 5.41) is 23.8. The molecule has 7 atom stereocenters. The third-order valence-electron chi connectivity index (χ3n) is 8.17. The van der Waals surface area contributed by atoms with E-state index in [0.29, 0.717) is 17.8 Å². The summed E-state index contributed by atoms with van der Waals surface area (Å²) in [5.41, 5.74) is 0.566. The summed E-state index contributed by atoms with van der Waals surface area (Å²) < 4.78 is 0. The molecule has 0 aromatic heterocycles. The first-order valence-corrected chi connectivity index (χ1v) is 10.2. The van der Waals surface area contributed by atoms with Crippen molar-refractivity contribution in [2.45, 2.75) is 76.4 Å². The van der Waals surface area contributed by atoms with Crippen LogP contribution in [0.5, 0.6) is 0 Å². The molecule has 4 aliphatic carbocycles. The minimum atomic E-state index is -0.891. The molecule has 4 aliphatic rings. The molecule has 0 aliphatic heterocycles. The van der Waals surface area contributed by atoms with Gasteiger partial charge in [0.1, 0.15) is 5.60 Å². The van der Waals surface area contributed by atoms with Gasteiger partial charge in [0.25, 0.3) is 0 Å². The first kappa shape index (κ1) is 17.0. The zero-order valence-corrected chi connectivity index (χ0v) is 15.4. The molecule has 3 heteroatoms. The van der Waals surface area contributed by atoms with Crippen LogP contribution in [0.25, 0.3) is 0 Å². The number of fused-ring (bicyclic) bond motifs is 5. The topological polar surface area (TPSA) is 40.5 Å². The van der Waals surface area contributed by atoms with Crippen molar-refractivity contribution in [3.63, 3.8) is 0 Å². The number of halogens is 1. The van der Waals surface area contributed by atoms with Gasteiger partial charge in [0, 0.05) is 10.8 Å². The second-order valence-electron chi connectivity index (χ2n) is 8.63. The fraction of sp³-hybridized carbons (Fsp3) is 0.810. The normalized spacial score (nSPS) is 50.0. The maximum atomic E-state index is 11.3. The molecule has 0 radical (unpaired) electrons. The minimum absolute atomic E-state index is 0.0640. The van der Waals surface area contributed by atoms with E-state index in [-0.39, 0.29) is 11.5 Å². The predicted molar refractivity (Wildman–Crippen MR) is 96.3 cm³/mol. The van der Waals surface area contributed by atoms with Crippen molar-refractivity contribution in [3.8, 4) is 11.3 Å². The van der Waals surface area contributed by atoms with Gasteiger partial charge in [-0.3, -0.25) is 0 Å². The molecule has 0 bridgehead atoms. The average Bonchev–Trinajstić information content (AvgIpc) is 2.88. The molecular weight excluding hydrogens is 320 g/mol. The zero-order valence-electron chi connectivity index (χ0n) is 14.6. The Balaban J connectivity index is 1.66. The van der Waals surface area contributed by atoms with E-state index in [2.05, 4.69) is 24.3 Å². The van der Waals surface area contributed by atoms with Crippen molar-refractivity contribution in [1.82, 2.24) is 0 Å². The smallest absolute Gasteiger partial charge is 0.132 e. The van der Waals surface area contributed by atoms with E-state index in [4.69, 9.17) is 11.6 Å². The summed E-state index contributed by atoms with van der Waals surface area (Å²) in [4.78, 5) is 0. The van der Waals surface area contributed by atoms with Crippen molar-refractivity contribution >= 4 is 11.6 Å². The summed E-state index contributed by atoms with van der Waals surface area (Å²) in [6.07, 6.45) is 11.5. The Bertz CT molecular complexity index is 603. The molecule has 4 rings (SSSR count). The van der Waals surface area contributed by atoms with Crippen LogP contribution >= 0.6 is 11.6 Å². The second kappa shape index (κ2) is 6.04. The average molecular weight is 349 g/mol. The number of hydrogen-bond donors (Lipinski definition) is 2. The Morgan fingerprint density at radius 2 is 2.00 bits per heavy atom. The summed E-state index contributed by atoms with van der Waals surface area (Å²) in [6.45, 7) is 2.23. The third kappa shape index (κ3) is 2.24.